The van der Waals surface area contributed by atoms with Crippen LogP contribution in [0, 0.1) is 12.3 Å². The molecule has 0 atom stereocenters. The minimum absolute atomic E-state index is 0.0793. The average Bonchev–Trinajstić information content (AvgIpc) is 2.39. The first-order valence-corrected chi connectivity index (χ1v) is 5.81. The molecule has 2 rings (SSSR count). The lowest BCUT2D eigenvalue weighted by Crippen LogP contribution is -2.17. The smallest absolute Gasteiger partial charge is 0.202 e. The van der Waals surface area contributed by atoms with Crippen LogP contribution in [-0.4, -0.2) is 19.5 Å². The second-order valence-corrected chi connectivity index (χ2v) is 5.71. The van der Waals surface area contributed by atoms with Crippen LogP contribution in [0.25, 0.3) is 11.2 Å². The van der Waals surface area contributed by atoms with Crippen LogP contribution in [0.15, 0.2) is 0 Å². The van der Waals surface area contributed by atoms with E-state index >= 15 is 0 Å². The first-order valence-electron chi connectivity index (χ1n) is 5.44. The number of hydrogen-bond acceptors (Lipinski definition) is 4. The third-order valence-corrected chi connectivity index (χ3v) is 2.60. The first kappa shape index (κ1) is 12.1. The predicted molar refractivity (Wildman–Crippen MR) is 68.9 cm³/mol. The summed E-state index contributed by atoms with van der Waals surface area (Å²) in [5.41, 5.74) is 7.26. The quantitative estimate of drug-likeness (QED) is 0.793. The molecule has 2 N–H and O–H groups in total. The zero-order valence-electron chi connectivity index (χ0n) is 10.5. The van der Waals surface area contributed by atoms with Crippen LogP contribution in [0.1, 0.15) is 26.6 Å². The van der Waals surface area contributed by atoms with Crippen molar-refractivity contribution >= 4 is 28.7 Å². The van der Waals surface area contributed by atoms with Crippen molar-refractivity contribution in [2.75, 3.05) is 5.73 Å². The van der Waals surface area contributed by atoms with Crippen molar-refractivity contribution in [3.63, 3.8) is 0 Å². The molecular formula is C11H16ClN5. The molecule has 0 radical (unpaired) electrons. The highest BCUT2D eigenvalue weighted by Crippen LogP contribution is 2.27. The summed E-state index contributed by atoms with van der Waals surface area (Å²) in [7, 11) is 0. The Labute approximate surface area is 105 Å². The summed E-state index contributed by atoms with van der Waals surface area (Å²) in [5.74, 6) is 1.03. The highest BCUT2D eigenvalue weighted by Gasteiger charge is 2.19. The van der Waals surface area contributed by atoms with Crippen molar-refractivity contribution in [1.82, 2.24) is 19.5 Å². The Kier molecular flexibility index (Phi) is 2.73. The summed E-state index contributed by atoms with van der Waals surface area (Å²) in [6, 6.07) is 0. The molecule has 0 unspecified atom stereocenters. The third kappa shape index (κ3) is 2.34. The van der Waals surface area contributed by atoms with Crippen LogP contribution in [-0.2, 0) is 6.54 Å². The van der Waals surface area contributed by atoms with Gasteiger partial charge in [-0.3, -0.25) is 0 Å². The fourth-order valence-electron chi connectivity index (χ4n) is 1.75. The molecular weight excluding hydrogens is 238 g/mol. The highest BCUT2D eigenvalue weighted by molar-refractivity contribution is 6.33. The van der Waals surface area contributed by atoms with E-state index in [1.54, 1.807) is 6.92 Å². The molecule has 2 aromatic heterocycles. The van der Waals surface area contributed by atoms with Crippen molar-refractivity contribution in [3.8, 4) is 0 Å². The van der Waals surface area contributed by atoms with Gasteiger partial charge in [-0.05, 0) is 12.3 Å². The molecule has 0 aromatic carbocycles. The fraction of sp³-hybridized carbons (Fsp3) is 0.545. The van der Waals surface area contributed by atoms with Gasteiger partial charge in [0.1, 0.15) is 11.3 Å². The number of fused-ring (bicyclic) bond motifs is 1. The molecule has 0 amide bonds. The fourth-order valence-corrected chi connectivity index (χ4v) is 2.06. The third-order valence-electron chi connectivity index (χ3n) is 2.33. The van der Waals surface area contributed by atoms with Gasteiger partial charge in [0.2, 0.25) is 5.95 Å². The molecule has 0 bridgehead atoms. The number of halogens is 1. The van der Waals surface area contributed by atoms with Gasteiger partial charge >= 0.3 is 0 Å². The topological polar surface area (TPSA) is 69.6 Å². The van der Waals surface area contributed by atoms with E-state index in [1.807, 2.05) is 4.57 Å². The maximum atomic E-state index is 6.14. The molecule has 5 nitrogen and oxygen atoms in total. The lowest BCUT2D eigenvalue weighted by Gasteiger charge is -2.20. The minimum atomic E-state index is 0.0793. The molecule has 2 heterocycles. The Hall–Kier alpha value is -1.36. The molecule has 0 aliphatic rings. The molecule has 17 heavy (non-hydrogen) atoms. The van der Waals surface area contributed by atoms with E-state index in [1.165, 1.54) is 0 Å². The van der Waals surface area contributed by atoms with Crippen LogP contribution in [0.2, 0.25) is 5.15 Å². The maximum absolute atomic E-state index is 6.14. The van der Waals surface area contributed by atoms with Gasteiger partial charge in [0, 0.05) is 6.54 Å². The van der Waals surface area contributed by atoms with Crippen molar-refractivity contribution in [2.24, 2.45) is 5.41 Å². The van der Waals surface area contributed by atoms with Gasteiger partial charge in [0.15, 0.2) is 10.8 Å². The standard InChI is InChI=1S/C11H16ClN5/c1-6-14-8(12)7-9(15-6)16-10(13)17(7)5-11(2,3)4/h5H2,1-4H3,(H2,13,14,15,16). The first-order chi connectivity index (χ1) is 7.78. The minimum Gasteiger partial charge on any atom is -0.369 e. The lowest BCUT2D eigenvalue weighted by molar-refractivity contribution is 0.351. The van der Waals surface area contributed by atoms with E-state index in [-0.39, 0.29) is 5.41 Å². The van der Waals surface area contributed by atoms with Gasteiger partial charge < -0.3 is 10.3 Å². The Morgan fingerprint density at radius 3 is 2.47 bits per heavy atom. The highest BCUT2D eigenvalue weighted by atomic mass is 35.5. The number of aromatic nitrogens is 4. The van der Waals surface area contributed by atoms with E-state index < -0.39 is 0 Å². The molecule has 6 heteroatoms. The SMILES string of the molecule is Cc1nc(Cl)c2c(n1)nc(N)n2CC(C)(C)C. The molecule has 0 spiro atoms. The largest absolute Gasteiger partial charge is 0.369 e. The van der Waals surface area contributed by atoms with E-state index in [0.717, 1.165) is 6.54 Å². The number of nitrogens with zero attached hydrogens (tertiary/aromatic N) is 4. The summed E-state index contributed by atoms with van der Waals surface area (Å²) >= 11 is 6.14. The summed E-state index contributed by atoms with van der Waals surface area (Å²) < 4.78 is 1.87. The number of anilines is 1. The van der Waals surface area contributed by atoms with Gasteiger partial charge in [-0.25, -0.2) is 9.97 Å². The van der Waals surface area contributed by atoms with Gasteiger partial charge in [0.25, 0.3) is 0 Å². The number of rotatable bonds is 1. The van der Waals surface area contributed by atoms with Crippen LogP contribution in [0.3, 0.4) is 0 Å². The number of hydrogen-bond donors (Lipinski definition) is 1. The second kappa shape index (κ2) is 3.84. The number of nitrogen functional groups attached to an aromatic ring is 1. The monoisotopic (exact) mass is 253 g/mol. The molecule has 0 aliphatic carbocycles. The van der Waals surface area contributed by atoms with E-state index in [0.29, 0.717) is 28.1 Å². The summed E-state index contributed by atoms with van der Waals surface area (Å²) in [6.45, 7) is 8.88. The van der Waals surface area contributed by atoms with Crippen LogP contribution >= 0.6 is 11.6 Å². The Morgan fingerprint density at radius 2 is 1.88 bits per heavy atom. The zero-order chi connectivity index (χ0) is 12.8. The predicted octanol–water partition coefficient (Wildman–Crippen LogP) is 2.42. The molecule has 0 aliphatic heterocycles. The summed E-state index contributed by atoms with van der Waals surface area (Å²) in [5, 5.41) is 0.404. The Balaban J connectivity index is 2.67. The number of imidazole rings is 1. The Bertz CT molecular complexity index is 567. The van der Waals surface area contributed by atoms with Gasteiger partial charge in [-0.1, -0.05) is 32.4 Å². The lowest BCUT2D eigenvalue weighted by atomic mass is 9.97. The zero-order valence-corrected chi connectivity index (χ0v) is 11.2. The van der Waals surface area contributed by atoms with E-state index in [9.17, 15) is 0 Å². The van der Waals surface area contributed by atoms with Crippen LogP contribution in [0.5, 0.6) is 0 Å². The molecule has 0 saturated carbocycles. The van der Waals surface area contributed by atoms with E-state index in [4.69, 9.17) is 17.3 Å². The van der Waals surface area contributed by atoms with Crippen LogP contribution in [0.4, 0.5) is 5.95 Å². The molecule has 0 saturated heterocycles. The van der Waals surface area contributed by atoms with Gasteiger partial charge in [-0.2, -0.15) is 4.98 Å². The number of nitrogens with two attached hydrogens (primary N) is 1. The second-order valence-electron chi connectivity index (χ2n) is 5.35. The number of aryl methyl sites for hydroxylation is 1. The maximum Gasteiger partial charge on any atom is 0.202 e. The van der Waals surface area contributed by atoms with Gasteiger partial charge in [-0.15, -0.1) is 0 Å². The van der Waals surface area contributed by atoms with E-state index in [2.05, 4.69) is 35.7 Å². The van der Waals surface area contributed by atoms with Crippen molar-refractivity contribution < 1.29 is 0 Å². The molecule has 2 aromatic rings. The summed E-state index contributed by atoms with van der Waals surface area (Å²) in [4.78, 5) is 12.6. The molecule has 0 fully saturated rings. The normalized spacial score (nSPS) is 12.3. The van der Waals surface area contributed by atoms with Gasteiger partial charge in [0.05, 0.1) is 0 Å². The van der Waals surface area contributed by atoms with Crippen molar-refractivity contribution in [2.45, 2.75) is 34.2 Å². The van der Waals surface area contributed by atoms with Crippen molar-refractivity contribution in [1.29, 1.82) is 0 Å². The Morgan fingerprint density at radius 1 is 1.24 bits per heavy atom. The van der Waals surface area contributed by atoms with Crippen molar-refractivity contribution in [3.05, 3.63) is 11.0 Å². The summed E-state index contributed by atoms with van der Waals surface area (Å²) in [6.07, 6.45) is 0. The van der Waals surface area contributed by atoms with Crippen LogP contribution < -0.4 is 5.73 Å². The average molecular weight is 254 g/mol. The molecule has 92 valence electrons.